The largest absolute Gasteiger partial charge is 0.389 e. The van der Waals surface area contributed by atoms with Crippen LogP contribution in [0.15, 0.2) is 11.6 Å². The number of fused-ring (bicyclic) bond motifs is 10. The second-order valence-corrected chi connectivity index (χ2v) is 17.5. The summed E-state index contributed by atoms with van der Waals surface area (Å²) >= 11 is 0. The molecule has 0 bridgehead atoms. The summed E-state index contributed by atoms with van der Waals surface area (Å²) in [5, 5.41) is 23.5. The molecular weight excluding hydrogens is 564 g/mol. The lowest BCUT2D eigenvalue weighted by Gasteiger charge is -2.64. The molecule has 0 aromatic carbocycles. The van der Waals surface area contributed by atoms with Gasteiger partial charge in [-0.15, -0.1) is 0 Å². The summed E-state index contributed by atoms with van der Waals surface area (Å²) in [6, 6.07) is 0. The molecule has 0 spiro atoms. The predicted molar refractivity (Wildman–Crippen MR) is 173 cm³/mol. The maximum Gasteiger partial charge on any atom is 0.155 e. The fraction of sp³-hybridized carbons (Fsp3) is 0.846. The lowest BCUT2D eigenvalue weighted by molar-refractivity contribution is -0.228. The number of ketones is 4. The van der Waals surface area contributed by atoms with Crippen molar-refractivity contribution in [2.45, 2.75) is 155 Å². The molecule has 8 aliphatic carbocycles. The quantitative estimate of drug-likeness (QED) is 0.298. The molecule has 2 N–H and O–H groups in total. The molecule has 0 aromatic rings. The third-order valence-electron chi connectivity index (χ3n) is 16.2. The van der Waals surface area contributed by atoms with E-state index in [-0.39, 0.29) is 46.7 Å². The average Bonchev–Trinajstić information content (AvgIpc) is 3.45. The lowest BCUT2D eigenvalue weighted by atomic mass is 9.43. The van der Waals surface area contributed by atoms with Crippen molar-refractivity contribution in [3.63, 3.8) is 0 Å². The topological polar surface area (TPSA) is 109 Å². The van der Waals surface area contributed by atoms with Crippen LogP contribution in [0.5, 0.6) is 0 Å². The molecule has 11 atom stereocenters. The molecule has 6 heteroatoms. The third-order valence-corrected chi connectivity index (χ3v) is 16.2. The number of aliphatic hydroxyl groups is 2. The molecule has 0 amide bonds. The Morgan fingerprint density at radius 3 is 1.78 bits per heavy atom. The molecule has 45 heavy (non-hydrogen) atoms. The first kappa shape index (κ1) is 33.2. The summed E-state index contributed by atoms with van der Waals surface area (Å²) in [4.78, 5) is 48.4. The van der Waals surface area contributed by atoms with E-state index in [1.807, 2.05) is 6.08 Å². The van der Waals surface area contributed by atoms with Gasteiger partial charge in [-0.25, -0.2) is 0 Å². The van der Waals surface area contributed by atoms with Gasteiger partial charge in [0.1, 0.15) is 17.3 Å². The number of hydrogen-bond donors (Lipinski definition) is 2. The van der Waals surface area contributed by atoms with Gasteiger partial charge in [-0.3, -0.25) is 19.2 Å². The first-order chi connectivity index (χ1) is 20.6. The van der Waals surface area contributed by atoms with Crippen LogP contribution in [0.25, 0.3) is 0 Å². The van der Waals surface area contributed by atoms with E-state index in [0.29, 0.717) is 73.6 Å². The Labute approximate surface area is 270 Å². The van der Waals surface area contributed by atoms with Crippen molar-refractivity contribution in [2.24, 2.45) is 51.2 Å². The summed E-state index contributed by atoms with van der Waals surface area (Å²) in [6.07, 6.45) is 15.5. The SMILES string of the molecule is C.C[C@]12CCC(=O)C=C1CCC1C3CCC(=O)[C@@]3(C)CC[C@@]12O.C[C@]12CCC(=O)C[C@H]1CCC1C3CCC(=O)[C@@]3(C)CC[C@@]12O. The van der Waals surface area contributed by atoms with E-state index < -0.39 is 11.2 Å². The van der Waals surface area contributed by atoms with E-state index in [0.717, 1.165) is 76.2 Å². The molecule has 0 aromatic heterocycles. The van der Waals surface area contributed by atoms with Crippen molar-refractivity contribution in [1.29, 1.82) is 0 Å². The van der Waals surface area contributed by atoms with Crippen molar-refractivity contribution in [3.8, 4) is 0 Å². The molecule has 0 saturated heterocycles. The number of carbonyl (C=O) groups excluding carboxylic acids is 4. The zero-order valence-corrected chi connectivity index (χ0v) is 27.5. The maximum atomic E-state index is 12.4. The van der Waals surface area contributed by atoms with Gasteiger partial charge >= 0.3 is 0 Å². The van der Waals surface area contributed by atoms with Gasteiger partial charge in [-0.1, -0.05) is 40.7 Å². The van der Waals surface area contributed by atoms with Gasteiger partial charge < -0.3 is 10.2 Å². The smallest absolute Gasteiger partial charge is 0.155 e. The van der Waals surface area contributed by atoms with Crippen molar-refractivity contribution in [2.75, 3.05) is 0 Å². The highest BCUT2D eigenvalue weighted by Crippen LogP contribution is 2.68. The average molecular weight is 623 g/mol. The van der Waals surface area contributed by atoms with Gasteiger partial charge in [-0.05, 0) is 113 Å². The number of carbonyl (C=O) groups is 4. The summed E-state index contributed by atoms with van der Waals surface area (Å²) in [6.45, 7) is 8.67. The van der Waals surface area contributed by atoms with E-state index in [1.165, 1.54) is 0 Å². The summed E-state index contributed by atoms with van der Waals surface area (Å²) in [7, 11) is 0. The zero-order chi connectivity index (χ0) is 31.5. The molecule has 7 saturated carbocycles. The minimum atomic E-state index is -0.730. The van der Waals surface area contributed by atoms with Crippen LogP contribution < -0.4 is 0 Å². The highest BCUT2D eigenvalue weighted by Gasteiger charge is 2.68. The van der Waals surface area contributed by atoms with E-state index in [9.17, 15) is 29.4 Å². The highest BCUT2D eigenvalue weighted by molar-refractivity contribution is 5.92. The third kappa shape index (κ3) is 4.32. The number of rotatable bonds is 0. The highest BCUT2D eigenvalue weighted by atomic mass is 16.3. The second-order valence-electron chi connectivity index (χ2n) is 17.5. The molecule has 0 aliphatic heterocycles. The standard InChI is InChI=1S/C19H28O3.C19H26O3.CH4/c2*1-17-9-10-19(22)15(14(17)5-6-16(17)21)4-3-12-11-13(20)7-8-18(12,19)2;/h12,14-15,22H,3-11H2,1-2H3;11,14-15,22H,3-10H2,1-2H3;1H4/t12-,14?,15?,17+,18+,19-;14?,15?,17-,18-,19+;/m10./s1. The maximum absolute atomic E-state index is 12.4. The molecule has 6 nitrogen and oxygen atoms in total. The van der Waals surface area contributed by atoms with Crippen LogP contribution in [0.2, 0.25) is 0 Å². The molecule has 8 rings (SSSR count). The van der Waals surface area contributed by atoms with E-state index >= 15 is 0 Å². The summed E-state index contributed by atoms with van der Waals surface area (Å²) in [5.41, 5.74) is -1.02. The number of Topliss-reactive ketones (excluding diaryl/α,β-unsaturated/α-hetero) is 3. The van der Waals surface area contributed by atoms with Gasteiger partial charge in [0.25, 0.3) is 0 Å². The zero-order valence-electron chi connectivity index (χ0n) is 27.5. The fourth-order valence-corrected chi connectivity index (χ4v) is 13.0. The van der Waals surface area contributed by atoms with Crippen molar-refractivity contribution in [3.05, 3.63) is 11.6 Å². The molecular formula is C39H58O6. The van der Waals surface area contributed by atoms with Gasteiger partial charge in [0, 0.05) is 53.8 Å². The first-order valence-electron chi connectivity index (χ1n) is 17.9. The minimum absolute atomic E-state index is 0. The van der Waals surface area contributed by atoms with Crippen LogP contribution >= 0.6 is 0 Å². The molecule has 8 aliphatic rings. The predicted octanol–water partition coefficient (Wildman–Crippen LogP) is 7.12. The number of hydrogen-bond acceptors (Lipinski definition) is 6. The Kier molecular flexibility index (Phi) is 7.89. The monoisotopic (exact) mass is 622 g/mol. The Morgan fingerprint density at radius 1 is 0.600 bits per heavy atom. The van der Waals surface area contributed by atoms with Crippen LogP contribution in [0.3, 0.4) is 0 Å². The molecule has 0 radical (unpaired) electrons. The summed E-state index contributed by atoms with van der Waals surface area (Å²) < 4.78 is 0. The Bertz CT molecular complexity index is 1330. The molecule has 0 heterocycles. The second kappa shape index (κ2) is 10.7. The molecule has 4 unspecified atom stereocenters. The van der Waals surface area contributed by atoms with Crippen molar-refractivity contribution >= 4 is 23.1 Å². The van der Waals surface area contributed by atoms with Gasteiger partial charge in [-0.2, -0.15) is 0 Å². The van der Waals surface area contributed by atoms with Crippen molar-refractivity contribution < 1.29 is 29.4 Å². The molecule has 7 fully saturated rings. The van der Waals surface area contributed by atoms with Crippen LogP contribution in [0, 0.1) is 51.2 Å². The van der Waals surface area contributed by atoms with Crippen molar-refractivity contribution in [1.82, 2.24) is 0 Å². The molecule has 250 valence electrons. The van der Waals surface area contributed by atoms with Crippen LogP contribution in [0.4, 0.5) is 0 Å². The Balaban J connectivity index is 0.000000155. The van der Waals surface area contributed by atoms with Gasteiger partial charge in [0.05, 0.1) is 11.2 Å². The fourth-order valence-electron chi connectivity index (χ4n) is 13.0. The van der Waals surface area contributed by atoms with Crippen LogP contribution in [-0.4, -0.2) is 44.5 Å². The minimum Gasteiger partial charge on any atom is -0.389 e. The Hall–Kier alpha value is -1.66. The van der Waals surface area contributed by atoms with Gasteiger partial charge in [0.15, 0.2) is 5.78 Å². The normalized spacial score (nSPS) is 51.6. The van der Waals surface area contributed by atoms with Crippen LogP contribution in [0.1, 0.15) is 144 Å². The van der Waals surface area contributed by atoms with E-state index in [2.05, 4.69) is 27.7 Å². The Morgan fingerprint density at radius 2 is 1.16 bits per heavy atom. The van der Waals surface area contributed by atoms with Gasteiger partial charge in [0.2, 0.25) is 0 Å². The van der Waals surface area contributed by atoms with E-state index in [4.69, 9.17) is 0 Å². The van der Waals surface area contributed by atoms with E-state index in [1.54, 1.807) is 0 Å². The van der Waals surface area contributed by atoms with Crippen LogP contribution in [-0.2, 0) is 19.2 Å². The first-order valence-corrected chi connectivity index (χ1v) is 17.9. The summed E-state index contributed by atoms with van der Waals surface area (Å²) in [5.74, 6) is 2.92. The lowest BCUT2D eigenvalue weighted by Crippen LogP contribution is -2.65.